The fourth-order valence-electron chi connectivity index (χ4n) is 3.46. The van der Waals surface area contributed by atoms with E-state index in [2.05, 4.69) is 27.7 Å². The van der Waals surface area contributed by atoms with Crippen LogP contribution in [0, 0.1) is 0 Å². The summed E-state index contributed by atoms with van der Waals surface area (Å²) in [5.74, 6) is -0.0326. The number of H-pyrrole nitrogens is 1. The molecule has 0 atom stereocenters. The summed E-state index contributed by atoms with van der Waals surface area (Å²) in [7, 11) is 0. The molecule has 3 aromatic heterocycles. The third-order valence-electron chi connectivity index (χ3n) is 4.75. The van der Waals surface area contributed by atoms with Crippen molar-refractivity contribution in [3.63, 3.8) is 0 Å². The van der Waals surface area contributed by atoms with Gasteiger partial charge in [0, 0.05) is 18.5 Å². The van der Waals surface area contributed by atoms with Crippen LogP contribution in [0.15, 0.2) is 47.8 Å². The molecule has 4 aromatic rings. The Balaban J connectivity index is 1.46. The van der Waals surface area contributed by atoms with Crippen molar-refractivity contribution in [2.24, 2.45) is 0 Å². The Morgan fingerprint density at radius 3 is 2.96 bits per heavy atom. The predicted molar refractivity (Wildman–Crippen MR) is 101 cm³/mol. The molecule has 0 saturated carbocycles. The van der Waals surface area contributed by atoms with Crippen molar-refractivity contribution < 1.29 is 4.79 Å². The number of rotatable bonds is 2. The number of aromatic nitrogens is 4. The number of aromatic amines is 1. The monoisotopic (exact) mass is 363 g/mol. The predicted octanol–water partition coefficient (Wildman–Crippen LogP) is 3.53. The molecular formula is C19H17N5OS. The maximum atomic E-state index is 13.1. The van der Waals surface area contributed by atoms with E-state index in [1.165, 1.54) is 0 Å². The van der Waals surface area contributed by atoms with Gasteiger partial charge < -0.3 is 4.90 Å². The highest BCUT2D eigenvalue weighted by Crippen LogP contribution is 2.26. The Labute approximate surface area is 154 Å². The van der Waals surface area contributed by atoms with Gasteiger partial charge in [-0.3, -0.25) is 14.6 Å². The van der Waals surface area contributed by atoms with Crippen molar-refractivity contribution in [3.05, 3.63) is 59.2 Å². The minimum Gasteiger partial charge on any atom is -0.331 e. The molecule has 0 saturated heterocycles. The third-order valence-corrected chi connectivity index (χ3v) is 5.64. The Morgan fingerprint density at radius 1 is 1.15 bits per heavy atom. The van der Waals surface area contributed by atoms with E-state index < -0.39 is 0 Å². The zero-order valence-electron chi connectivity index (χ0n) is 14.1. The first-order valence-electron chi connectivity index (χ1n) is 8.62. The lowest BCUT2D eigenvalue weighted by molar-refractivity contribution is 0.0741. The van der Waals surface area contributed by atoms with Gasteiger partial charge in [0.2, 0.25) is 0 Å². The van der Waals surface area contributed by atoms with Gasteiger partial charge in [-0.1, -0.05) is 24.3 Å². The molecule has 1 aliphatic rings. The van der Waals surface area contributed by atoms with Crippen LogP contribution in [-0.2, 0) is 13.1 Å². The summed E-state index contributed by atoms with van der Waals surface area (Å²) < 4.78 is 2.03. The molecule has 1 amide bonds. The number of benzene rings is 1. The van der Waals surface area contributed by atoms with Gasteiger partial charge in [-0.15, -0.1) is 11.3 Å². The van der Waals surface area contributed by atoms with Gasteiger partial charge in [-0.2, -0.15) is 10.2 Å². The van der Waals surface area contributed by atoms with Crippen LogP contribution >= 0.6 is 11.3 Å². The molecule has 5 rings (SSSR count). The van der Waals surface area contributed by atoms with Crippen molar-refractivity contribution in [2.45, 2.75) is 19.5 Å². The quantitative estimate of drug-likeness (QED) is 0.592. The summed E-state index contributed by atoms with van der Waals surface area (Å²) in [6.07, 6.45) is 0.882. The van der Waals surface area contributed by atoms with Crippen molar-refractivity contribution in [1.29, 1.82) is 0 Å². The maximum Gasteiger partial charge on any atom is 0.275 e. The first-order chi connectivity index (χ1) is 12.8. The molecule has 0 aliphatic carbocycles. The zero-order chi connectivity index (χ0) is 17.5. The van der Waals surface area contributed by atoms with Crippen LogP contribution in [0.4, 0.5) is 0 Å². The summed E-state index contributed by atoms with van der Waals surface area (Å²) in [4.78, 5) is 16.1. The Hall–Kier alpha value is -2.93. The smallest absolute Gasteiger partial charge is 0.275 e. The number of carbonyl (C=O) groups is 1. The number of hydrogen-bond donors (Lipinski definition) is 1. The van der Waals surface area contributed by atoms with Crippen LogP contribution in [0.25, 0.3) is 21.5 Å². The van der Waals surface area contributed by atoms with Crippen molar-refractivity contribution in [1.82, 2.24) is 24.9 Å². The number of amides is 1. The van der Waals surface area contributed by atoms with E-state index in [1.807, 2.05) is 39.9 Å². The average Bonchev–Trinajstić information content (AvgIpc) is 3.38. The summed E-state index contributed by atoms with van der Waals surface area (Å²) >= 11 is 1.68. The van der Waals surface area contributed by atoms with Crippen LogP contribution in [0.1, 0.15) is 22.6 Å². The second-order valence-corrected chi connectivity index (χ2v) is 7.37. The lowest BCUT2D eigenvalue weighted by atomic mass is 10.2. The van der Waals surface area contributed by atoms with Crippen LogP contribution < -0.4 is 0 Å². The van der Waals surface area contributed by atoms with Crippen molar-refractivity contribution >= 4 is 28.1 Å². The average molecular weight is 363 g/mol. The number of carbonyl (C=O) groups excluding carboxylic acids is 1. The summed E-state index contributed by atoms with van der Waals surface area (Å²) in [6, 6.07) is 13.9. The maximum absolute atomic E-state index is 13.1. The number of hydrogen-bond acceptors (Lipinski definition) is 4. The van der Waals surface area contributed by atoms with Crippen molar-refractivity contribution in [2.75, 3.05) is 6.54 Å². The third kappa shape index (κ3) is 2.52. The van der Waals surface area contributed by atoms with Crippen LogP contribution in [-0.4, -0.2) is 37.3 Å². The van der Waals surface area contributed by atoms with E-state index in [4.69, 9.17) is 5.10 Å². The topological polar surface area (TPSA) is 66.8 Å². The minimum absolute atomic E-state index is 0.0326. The van der Waals surface area contributed by atoms with Crippen LogP contribution in [0.5, 0.6) is 0 Å². The van der Waals surface area contributed by atoms with E-state index in [1.54, 1.807) is 11.3 Å². The molecular weight excluding hydrogens is 346 g/mol. The highest BCUT2D eigenvalue weighted by molar-refractivity contribution is 7.13. The number of fused-ring (bicyclic) bond motifs is 2. The molecule has 1 aliphatic heterocycles. The fraction of sp³-hybridized carbons (Fsp3) is 0.211. The highest BCUT2D eigenvalue weighted by Gasteiger charge is 2.25. The number of thiophene rings is 1. The Bertz CT molecular complexity index is 1080. The number of para-hydroxylation sites is 1. The lowest BCUT2D eigenvalue weighted by Gasteiger charge is -2.18. The molecule has 1 aromatic carbocycles. The largest absolute Gasteiger partial charge is 0.331 e. The van der Waals surface area contributed by atoms with Crippen LogP contribution in [0.3, 0.4) is 0 Å². The van der Waals surface area contributed by atoms with E-state index in [9.17, 15) is 4.79 Å². The molecule has 0 bridgehead atoms. The molecule has 0 spiro atoms. The Kier molecular flexibility index (Phi) is 3.60. The lowest BCUT2D eigenvalue weighted by Crippen LogP contribution is -2.31. The number of nitrogens with one attached hydrogen (secondary N) is 1. The molecule has 4 heterocycles. The van der Waals surface area contributed by atoms with E-state index in [0.29, 0.717) is 18.8 Å². The zero-order valence-corrected chi connectivity index (χ0v) is 14.9. The van der Waals surface area contributed by atoms with E-state index in [0.717, 1.165) is 40.1 Å². The molecule has 1 N–H and O–H groups in total. The van der Waals surface area contributed by atoms with Gasteiger partial charge in [0.15, 0.2) is 5.69 Å². The summed E-state index contributed by atoms with van der Waals surface area (Å²) in [5, 5.41) is 14.9. The molecule has 0 radical (unpaired) electrons. The first-order valence-corrected chi connectivity index (χ1v) is 9.50. The molecule has 7 heteroatoms. The van der Waals surface area contributed by atoms with Gasteiger partial charge in [0.1, 0.15) is 5.69 Å². The number of nitrogens with zero attached hydrogens (tertiary/aromatic N) is 4. The standard InChI is InChI=1S/C19H17N5OS/c25-19(18-14-5-1-2-6-15(14)20-21-18)23-8-4-9-24-13(12-23)11-16(22-24)17-7-3-10-26-17/h1-3,5-7,10-11H,4,8-9,12H2,(H,20,21). The molecule has 130 valence electrons. The van der Waals surface area contributed by atoms with Gasteiger partial charge in [0.25, 0.3) is 5.91 Å². The minimum atomic E-state index is -0.0326. The summed E-state index contributed by atoms with van der Waals surface area (Å²) in [5.41, 5.74) is 3.43. The van der Waals surface area contributed by atoms with Crippen LogP contribution in [0.2, 0.25) is 0 Å². The molecule has 0 unspecified atom stereocenters. The normalized spacial score (nSPS) is 14.4. The van der Waals surface area contributed by atoms with Gasteiger partial charge in [0.05, 0.1) is 22.6 Å². The SMILES string of the molecule is O=C(c1n[nH]c2ccccc12)N1CCCn2nc(-c3cccs3)cc2C1. The fourth-order valence-corrected chi connectivity index (χ4v) is 4.14. The molecule has 26 heavy (non-hydrogen) atoms. The van der Waals surface area contributed by atoms with Crippen molar-refractivity contribution in [3.8, 4) is 10.6 Å². The Morgan fingerprint density at radius 2 is 2.08 bits per heavy atom. The van der Waals surface area contributed by atoms with Gasteiger partial charge >= 0.3 is 0 Å². The number of aryl methyl sites for hydroxylation is 1. The summed E-state index contributed by atoms with van der Waals surface area (Å²) in [6.45, 7) is 2.09. The van der Waals surface area contributed by atoms with Gasteiger partial charge in [-0.05, 0) is 30.0 Å². The van der Waals surface area contributed by atoms with E-state index in [-0.39, 0.29) is 5.91 Å². The van der Waals surface area contributed by atoms with E-state index >= 15 is 0 Å². The highest BCUT2D eigenvalue weighted by atomic mass is 32.1. The second kappa shape index (κ2) is 6.10. The second-order valence-electron chi connectivity index (χ2n) is 6.42. The first kappa shape index (κ1) is 15.3. The van der Waals surface area contributed by atoms with Gasteiger partial charge in [-0.25, -0.2) is 0 Å². The molecule has 0 fully saturated rings. The molecule has 6 nitrogen and oxygen atoms in total.